The van der Waals surface area contributed by atoms with Crippen molar-refractivity contribution in [2.24, 2.45) is 0 Å². The molecule has 0 bridgehead atoms. The molecule has 1 heterocycles. The van der Waals surface area contributed by atoms with Crippen molar-refractivity contribution in [3.8, 4) is 0 Å². The van der Waals surface area contributed by atoms with E-state index in [1.165, 1.54) is 35.2 Å². The maximum atomic E-state index is 13.2. The normalized spacial score (nSPS) is 14.8. The largest absolute Gasteiger partial charge is 0.379 e. The Hall–Kier alpha value is -2.71. The molecule has 0 saturated carbocycles. The fraction of sp³-hybridized carbons (Fsp3) is 0.364. The molecule has 8 heteroatoms. The molecule has 0 atom stereocenters. The van der Waals surface area contributed by atoms with Crippen LogP contribution < -0.4 is 10.2 Å². The first kappa shape index (κ1) is 22.0. The second-order valence-corrected chi connectivity index (χ2v) is 9.15. The maximum absolute atomic E-state index is 13.2. The van der Waals surface area contributed by atoms with E-state index in [-0.39, 0.29) is 39.6 Å². The number of ether oxygens (including phenoxy) is 1. The van der Waals surface area contributed by atoms with Crippen LogP contribution in [0.15, 0.2) is 52.3 Å². The first-order valence-corrected chi connectivity index (χ1v) is 11.5. The van der Waals surface area contributed by atoms with Crippen LogP contribution >= 0.6 is 0 Å². The number of benzene rings is 2. The van der Waals surface area contributed by atoms with Crippen molar-refractivity contribution in [2.75, 3.05) is 24.6 Å². The SMILES string of the molecule is CCN1C(=O)c2ccccc2S(=O)(=O)c2ccc(C(=O)NCCCOC(C)C)cc21. The number of anilines is 1. The standard InChI is InChI=1S/C22H26N2O5S/c1-4-24-18-14-16(21(25)23-12-7-13-29-15(2)3)10-11-20(18)30(27,28)19-9-6-5-8-17(19)22(24)26/h5-6,8-11,14-15H,4,7,12-13H2,1-3H3,(H,23,25). The first-order valence-electron chi connectivity index (χ1n) is 9.97. The predicted molar refractivity (Wildman–Crippen MR) is 114 cm³/mol. The van der Waals surface area contributed by atoms with Crippen molar-refractivity contribution < 1.29 is 22.7 Å². The molecule has 2 aromatic carbocycles. The van der Waals surface area contributed by atoms with Gasteiger partial charge in [0.25, 0.3) is 11.8 Å². The predicted octanol–water partition coefficient (Wildman–Crippen LogP) is 3.04. The number of hydrogen-bond donors (Lipinski definition) is 1. The van der Waals surface area contributed by atoms with Gasteiger partial charge in [-0.15, -0.1) is 0 Å². The molecular weight excluding hydrogens is 404 g/mol. The van der Waals surface area contributed by atoms with Crippen molar-refractivity contribution in [2.45, 2.75) is 43.1 Å². The summed E-state index contributed by atoms with van der Waals surface area (Å²) in [5.41, 5.74) is 0.645. The number of carbonyl (C=O) groups is 2. The minimum absolute atomic E-state index is 0.0181. The topological polar surface area (TPSA) is 92.8 Å². The third-order valence-corrected chi connectivity index (χ3v) is 6.69. The van der Waals surface area contributed by atoms with Crippen molar-refractivity contribution in [3.05, 3.63) is 53.6 Å². The van der Waals surface area contributed by atoms with Crippen molar-refractivity contribution in [3.63, 3.8) is 0 Å². The van der Waals surface area contributed by atoms with Gasteiger partial charge >= 0.3 is 0 Å². The van der Waals surface area contributed by atoms with Crippen LogP contribution in [-0.2, 0) is 14.6 Å². The van der Waals surface area contributed by atoms with Crippen LogP contribution in [-0.4, -0.2) is 46.0 Å². The molecule has 3 rings (SSSR count). The van der Waals surface area contributed by atoms with Gasteiger partial charge in [0.2, 0.25) is 9.84 Å². The smallest absolute Gasteiger partial charge is 0.259 e. The van der Waals surface area contributed by atoms with Gasteiger partial charge in [-0.25, -0.2) is 8.42 Å². The van der Waals surface area contributed by atoms with Crippen LogP contribution in [0.5, 0.6) is 0 Å². The molecule has 0 fully saturated rings. The number of nitrogens with one attached hydrogen (secondary N) is 1. The maximum Gasteiger partial charge on any atom is 0.259 e. The summed E-state index contributed by atoms with van der Waals surface area (Å²) in [6.07, 6.45) is 0.798. The van der Waals surface area contributed by atoms with Gasteiger partial charge in [0.05, 0.1) is 27.1 Å². The van der Waals surface area contributed by atoms with E-state index < -0.39 is 15.7 Å². The second-order valence-electron chi connectivity index (χ2n) is 7.26. The summed E-state index contributed by atoms with van der Waals surface area (Å²) in [5, 5.41) is 2.81. The van der Waals surface area contributed by atoms with Crippen LogP contribution in [0.2, 0.25) is 0 Å². The van der Waals surface area contributed by atoms with Gasteiger partial charge in [0.1, 0.15) is 0 Å². The van der Waals surface area contributed by atoms with Gasteiger partial charge in [0.15, 0.2) is 0 Å². The summed E-state index contributed by atoms with van der Waals surface area (Å²) in [7, 11) is -3.90. The molecule has 1 aliphatic rings. The lowest BCUT2D eigenvalue weighted by molar-refractivity contribution is 0.0757. The highest BCUT2D eigenvalue weighted by Crippen LogP contribution is 2.37. The Morgan fingerprint density at radius 1 is 1.13 bits per heavy atom. The minimum Gasteiger partial charge on any atom is -0.379 e. The summed E-state index contributed by atoms with van der Waals surface area (Å²) in [6, 6.07) is 10.5. The summed E-state index contributed by atoms with van der Waals surface area (Å²) < 4.78 is 31.9. The Morgan fingerprint density at radius 2 is 1.87 bits per heavy atom. The van der Waals surface area contributed by atoms with E-state index in [2.05, 4.69) is 5.32 Å². The highest BCUT2D eigenvalue weighted by Gasteiger charge is 2.35. The van der Waals surface area contributed by atoms with Crippen molar-refractivity contribution >= 4 is 27.3 Å². The third-order valence-electron chi connectivity index (χ3n) is 4.83. The van der Waals surface area contributed by atoms with E-state index in [0.717, 1.165) is 0 Å². The van der Waals surface area contributed by atoms with Crippen molar-refractivity contribution in [1.29, 1.82) is 0 Å². The molecule has 2 aromatic rings. The minimum atomic E-state index is -3.90. The Kier molecular flexibility index (Phi) is 6.58. The molecule has 0 saturated heterocycles. The highest BCUT2D eigenvalue weighted by atomic mass is 32.2. The number of nitrogens with zero attached hydrogens (tertiary/aromatic N) is 1. The van der Waals surface area contributed by atoms with Crippen LogP contribution in [0.25, 0.3) is 0 Å². The number of carbonyl (C=O) groups excluding carboxylic acids is 2. The number of fused-ring (bicyclic) bond motifs is 2. The summed E-state index contributed by atoms with van der Waals surface area (Å²) in [5.74, 6) is -0.733. The monoisotopic (exact) mass is 430 g/mol. The average Bonchev–Trinajstić information content (AvgIpc) is 2.79. The number of rotatable bonds is 7. The van der Waals surface area contributed by atoms with E-state index in [0.29, 0.717) is 25.1 Å². The van der Waals surface area contributed by atoms with Crippen molar-refractivity contribution in [1.82, 2.24) is 5.32 Å². The molecule has 2 amide bonds. The zero-order valence-electron chi connectivity index (χ0n) is 17.3. The Labute approximate surface area is 177 Å². The number of hydrogen-bond acceptors (Lipinski definition) is 5. The highest BCUT2D eigenvalue weighted by molar-refractivity contribution is 7.91. The van der Waals surface area contributed by atoms with Crippen LogP contribution in [0.4, 0.5) is 5.69 Å². The molecule has 7 nitrogen and oxygen atoms in total. The van der Waals surface area contributed by atoms with Crippen LogP contribution in [0.1, 0.15) is 47.9 Å². The van der Waals surface area contributed by atoms with Gasteiger partial charge in [-0.05, 0) is 57.5 Å². The van der Waals surface area contributed by atoms with Gasteiger partial charge < -0.3 is 15.0 Å². The first-order chi connectivity index (χ1) is 14.3. The fourth-order valence-corrected chi connectivity index (χ4v) is 4.99. The summed E-state index contributed by atoms with van der Waals surface area (Å²) in [4.78, 5) is 27.0. The molecule has 1 aliphatic heterocycles. The number of sulfone groups is 1. The zero-order valence-corrected chi connectivity index (χ0v) is 18.2. The molecule has 0 unspecified atom stereocenters. The lowest BCUT2D eigenvalue weighted by Crippen LogP contribution is -2.31. The Bertz CT molecular complexity index is 1060. The lowest BCUT2D eigenvalue weighted by Gasteiger charge is -2.21. The Balaban J connectivity index is 1.92. The second kappa shape index (κ2) is 8.97. The fourth-order valence-electron chi connectivity index (χ4n) is 3.36. The molecule has 0 spiro atoms. The molecule has 30 heavy (non-hydrogen) atoms. The van der Waals surface area contributed by atoms with E-state index in [1.807, 2.05) is 13.8 Å². The van der Waals surface area contributed by atoms with E-state index in [1.54, 1.807) is 19.1 Å². The Morgan fingerprint density at radius 3 is 2.57 bits per heavy atom. The van der Waals surface area contributed by atoms with Gasteiger partial charge in [0, 0.05) is 25.3 Å². The van der Waals surface area contributed by atoms with E-state index in [9.17, 15) is 18.0 Å². The lowest BCUT2D eigenvalue weighted by atomic mass is 10.1. The molecule has 0 aromatic heterocycles. The van der Waals surface area contributed by atoms with Crippen LogP contribution in [0, 0.1) is 0 Å². The van der Waals surface area contributed by atoms with Gasteiger partial charge in [-0.2, -0.15) is 0 Å². The number of amides is 2. The molecule has 0 radical (unpaired) electrons. The van der Waals surface area contributed by atoms with E-state index in [4.69, 9.17) is 4.74 Å². The molecule has 1 N–H and O–H groups in total. The summed E-state index contributed by atoms with van der Waals surface area (Å²) in [6.45, 7) is 6.90. The van der Waals surface area contributed by atoms with Gasteiger partial charge in [-0.1, -0.05) is 12.1 Å². The quantitative estimate of drug-likeness (QED) is 0.682. The third kappa shape index (κ3) is 4.24. The summed E-state index contributed by atoms with van der Waals surface area (Å²) >= 11 is 0. The molecule has 160 valence electrons. The molecule has 0 aliphatic carbocycles. The average molecular weight is 431 g/mol. The molecular formula is C22H26N2O5S. The zero-order chi connectivity index (χ0) is 21.9. The van der Waals surface area contributed by atoms with Gasteiger partial charge in [-0.3, -0.25) is 9.59 Å². The van der Waals surface area contributed by atoms with E-state index >= 15 is 0 Å². The van der Waals surface area contributed by atoms with Crippen LogP contribution in [0.3, 0.4) is 0 Å².